The summed E-state index contributed by atoms with van der Waals surface area (Å²) in [5, 5.41) is 3.46. The van der Waals surface area contributed by atoms with E-state index in [1.807, 2.05) is 12.1 Å². The molecule has 0 fully saturated rings. The second kappa shape index (κ2) is 8.24. The Morgan fingerprint density at radius 1 is 1.04 bits per heavy atom. The molecule has 3 rings (SSSR count). The van der Waals surface area contributed by atoms with Crippen LogP contribution in [0.4, 0.5) is 19.0 Å². The van der Waals surface area contributed by atoms with E-state index in [4.69, 9.17) is 27.9 Å². The molecule has 0 unspecified atom stereocenters. The van der Waals surface area contributed by atoms with Gasteiger partial charge in [-0.2, -0.15) is 13.2 Å². The van der Waals surface area contributed by atoms with Gasteiger partial charge in [-0.25, -0.2) is 9.97 Å². The summed E-state index contributed by atoms with van der Waals surface area (Å²) < 4.78 is 43.6. The van der Waals surface area contributed by atoms with E-state index in [0.717, 1.165) is 17.7 Å². The van der Waals surface area contributed by atoms with E-state index >= 15 is 0 Å². The minimum atomic E-state index is -4.46. The molecule has 0 radical (unpaired) electrons. The quantitative estimate of drug-likeness (QED) is 0.503. The van der Waals surface area contributed by atoms with Gasteiger partial charge in [0.25, 0.3) is 0 Å². The second-order valence-electron chi connectivity index (χ2n) is 5.86. The molecule has 2 aromatic carbocycles. The van der Waals surface area contributed by atoms with Crippen LogP contribution in [0, 0.1) is 6.92 Å². The number of anilines is 1. The number of ether oxygens (including phenoxy) is 1. The molecule has 0 aliphatic carbocycles. The maximum absolute atomic E-state index is 12.7. The minimum absolute atomic E-state index is 0.116. The zero-order valence-corrected chi connectivity index (χ0v) is 16.0. The Kier molecular flexibility index (Phi) is 5.96. The molecule has 3 aromatic rings. The number of hydrogen-bond donors (Lipinski definition) is 1. The molecule has 0 aliphatic heterocycles. The van der Waals surface area contributed by atoms with E-state index in [1.54, 1.807) is 19.1 Å². The van der Waals surface area contributed by atoms with Crippen molar-refractivity contribution >= 4 is 29.0 Å². The summed E-state index contributed by atoms with van der Waals surface area (Å²) in [6.07, 6.45) is -3.03. The molecule has 0 amide bonds. The number of aromatic nitrogens is 2. The average Bonchev–Trinajstić information content (AvgIpc) is 2.65. The monoisotopic (exact) mass is 427 g/mol. The van der Waals surface area contributed by atoms with Gasteiger partial charge in [0.05, 0.1) is 16.3 Å². The maximum atomic E-state index is 12.7. The topological polar surface area (TPSA) is 47.0 Å². The number of benzene rings is 2. The molecule has 1 heterocycles. The van der Waals surface area contributed by atoms with Gasteiger partial charge in [-0.15, -0.1) is 0 Å². The highest BCUT2D eigenvalue weighted by atomic mass is 35.5. The smallest absolute Gasteiger partial charge is 0.416 e. The second-order valence-corrected chi connectivity index (χ2v) is 6.65. The van der Waals surface area contributed by atoms with Crippen LogP contribution < -0.4 is 10.1 Å². The van der Waals surface area contributed by atoms with Crippen LogP contribution in [-0.4, -0.2) is 9.97 Å². The predicted molar refractivity (Wildman–Crippen MR) is 102 cm³/mol. The van der Waals surface area contributed by atoms with E-state index in [-0.39, 0.29) is 10.8 Å². The van der Waals surface area contributed by atoms with Crippen molar-refractivity contribution in [2.75, 3.05) is 5.32 Å². The number of nitrogens with one attached hydrogen (secondary N) is 1. The van der Waals surface area contributed by atoms with Crippen molar-refractivity contribution in [3.8, 4) is 11.5 Å². The van der Waals surface area contributed by atoms with Crippen LogP contribution in [-0.2, 0) is 12.7 Å². The molecule has 0 aliphatic rings. The van der Waals surface area contributed by atoms with Gasteiger partial charge >= 0.3 is 6.18 Å². The summed E-state index contributed by atoms with van der Waals surface area (Å²) >= 11 is 12.0. The lowest BCUT2D eigenvalue weighted by Crippen LogP contribution is -2.04. The summed E-state index contributed by atoms with van der Waals surface area (Å²) in [6.45, 7) is 2.26. The van der Waals surface area contributed by atoms with E-state index in [2.05, 4.69) is 15.3 Å². The Labute approximate surface area is 169 Å². The number of alkyl halides is 3. The molecule has 0 bridgehead atoms. The molecule has 28 heavy (non-hydrogen) atoms. The molecule has 0 saturated heterocycles. The van der Waals surface area contributed by atoms with Crippen molar-refractivity contribution in [2.24, 2.45) is 0 Å². The van der Waals surface area contributed by atoms with E-state index in [0.29, 0.717) is 28.8 Å². The normalized spacial score (nSPS) is 11.4. The third-order valence-electron chi connectivity index (χ3n) is 3.83. The van der Waals surface area contributed by atoms with Gasteiger partial charge in [0.2, 0.25) is 0 Å². The molecule has 0 spiro atoms. The lowest BCUT2D eigenvalue weighted by atomic mass is 10.2. The first-order chi connectivity index (χ1) is 13.2. The fourth-order valence-electron chi connectivity index (χ4n) is 2.33. The van der Waals surface area contributed by atoms with Crippen molar-refractivity contribution < 1.29 is 17.9 Å². The average molecular weight is 428 g/mol. The largest absolute Gasteiger partial charge is 0.456 e. The third-order valence-corrected chi connectivity index (χ3v) is 4.58. The van der Waals surface area contributed by atoms with E-state index < -0.39 is 11.7 Å². The molecule has 1 aromatic heterocycles. The van der Waals surface area contributed by atoms with Gasteiger partial charge in [0.15, 0.2) is 0 Å². The first-order valence-electron chi connectivity index (χ1n) is 8.08. The summed E-state index contributed by atoms with van der Waals surface area (Å²) in [5.41, 5.74) is 0.777. The molecule has 0 atom stereocenters. The lowest BCUT2D eigenvalue weighted by molar-refractivity contribution is -0.137. The third kappa shape index (κ3) is 4.85. The number of rotatable bonds is 5. The molecule has 4 nitrogen and oxygen atoms in total. The SMILES string of the molecule is Cc1ncnc(NCc2ccc(Oc3ccc(C(F)(F)F)cc3Cl)cc2)c1Cl. The summed E-state index contributed by atoms with van der Waals surface area (Å²) in [6, 6.07) is 9.95. The Morgan fingerprint density at radius 2 is 1.75 bits per heavy atom. The van der Waals surface area contributed by atoms with Crippen molar-refractivity contribution in [1.82, 2.24) is 9.97 Å². The Balaban J connectivity index is 1.65. The molecule has 9 heteroatoms. The Bertz CT molecular complexity index is 979. The first-order valence-corrected chi connectivity index (χ1v) is 8.84. The zero-order valence-electron chi connectivity index (χ0n) is 14.5. The van der Waals surface area contributed by atoms with Crippen LogP contribution >= 0.6 is 23.2 Å². The van der Waals surface area contributed by atoms with Gasteiger partial charge in [0, 0.05) is 6.54 Å². The molecule has 0 saturated carbocycles. The standard InChI is InChI=1S/C19H14Cl2F3N3O/c1-11-17(21)18(27-10-26-11)25-9-12-2-5-14(6-3-12)28-16-7-4-13(8-15(16)20)19(22,23)24/h2-8,10H,9H2,1H3,(H,25,26,27). The van der Waals surface area contributed by atoms with Gasteiger partial charge in [-0.05, 0) is 42.8 Å². The highest BCUT2D eigenvalue weighted by Gasteiger charge is 2.31. The highest BCUT2D eigenvalue weighted by Crippen LogP contribution is 2.36. The van der Waals surface area contributed by atoms with Crippen LogP contribution in [0.15, 0.2) is 48.8 Å². The minimum Gasteiger partial charge on any atom is -0.456 e. The number of aryl methyl sites for hydroxylation is 1. The van der Waals surface area contributed by atoms with Crippen LogP contribution in [0.5, 0.6) is 11.5 Å². The van der Waals surface area contributed by atoms with Crippen molar-refractivity contribution in [2.45, 2.75) is 19.6 Å². The van der Waals surface area contributed by atoms with Crippen LogP contribution in [0.25, 0.3) is 0 Å². The molecular formula is C19H14Cl2F3N3O. The van der Waals surface area contributed by atoms with Crippen LogP contribution in [0.2, 0.25) is 10.0 Å². The lowest BCUT2D eigenvalue weighted by Gasteiger charge is -2.12. The van der Waals surface area contributed by atoms with Gasteiger partial charge < -0.3 is 10.1 Å². The summed E-state index contributed by atoms with van der Waals surface area (Å²) in [4.78, 5) is 8.09. The predicted octanol–water partition coefficient (Wildman–Crippen LogP) is 6.52. The Morgan fingerprint density at radius 3 is 2.39 bits per heavy atom. The highest BCUT2D eigenvalue weighted by molar-refractivity contribution is 6.33. The maximum Gasteiger partial charge on any atom is 0.416 e. The van der Waals surface area contributed by atoms with Crippen molar-refractivity contribution in [1.29, 1.82) is 0 Å². The van der Waals surface area contributed by atoms with E-state index in [1.165, 1.54) is 12.4 Å². The fourth-order valence-corrected chi connectivity index (χ4v) is 2.71. The van der Waals surface area contributed by atoms with Crippen molar-refractivity contribution in [3.05, 3.63) is 75.7 Å². The number of nitrogens with zero attached hydrogens (tertiary/aromatic N) is 2. The first kappa shape index (κ1) is 20.2. The number of halogens is 5. The van der Waals surface area contributed by atoms with Crippen LogP contribution in [0.3, 0.4) is 0 Å². The molecule has 1 N–H and O–H groups in total. The van der Waals surface area contributed by atoms with Crippen molar-refractivity contribution in [3.63, 3.8) is 0 Å². The fraction of sp³-hybridized carbons (Fsp3) is 0.158. The zero-order chi connectivity index (χ0) is 20.3. The molecule has 146 valence electrons. The van der Waals surface area contributed by atoms with Gasteiger partial charge in [-0.1, -0.05) is 35.3 Å². The number of hydrogen-bond acceptors (Lipinski definition) is 4. The molecular weight excluding hydrogens is 414 g/mol. The van der Waals surface area contributed by atoms with Gasteiger partial charge in [0.1, 0.15) is 28.7 Å². The summed E-state index contributed by atoms with van der Waals surface area (Å²) in [7, 11) is 0. The van der Waals surface area contributed by atoms with Gasteiger partial charge in [-0.3, -0.25) is 0 Å². The summed E-state index contributed by atoms with van der Waals surface area (Å²) in [5.74, 6) is 1.12. The Hall–Kier alpha value is -2.51. The van der Waals surface area contributed by atoms with Crippen LogP contribution in [0.1, 0.15) is 16.8 Å². The van der Waals surface area contributed by atoms with E-state index in [9.17, 15) is 13.2 Å².